The van der Waals surface area contributed by atoms with Crippen molar-refractivity contribution in [2.75, 3.05) is 27.2 Å². The van der Waals surface area contributed by atoms with E-state index in [1.807, 2.05) is 73.6 Å². The average Bonchev–Trinajstić information content (AvgIpc) is 2.65. The maximum Gasteiger partial charge on any atom is 0.218 e. The lowest BCUT2D eigenvalue weighted by atomic mass is 10.0. The highest BCUT2D eigenvalue weighted by Gasteiger charge is 2.23. The fourth-order valence-corrected chi connectivity index (χ4v) is 4.62. The van der Waals surface area contributed by atoms with Crippen LogP contribution in [0.25, 0.3) is 10.8 Å². The monoisotopic (exact) mass is 382 g/mol. The zero-order valence-corrected chi connectivity index (χ0v) is 16.7. The molecule has 0 unspecified atom stereocenters. The molecule has 0 bridgehead atoms. The van der Waals surface area contributed by atoms with Gasteiger partial charge < -0.3 is 4.90 Å². The van der Waals surface area contributed by atoms with Crippen LogP contribution in [0.15, 0.2) is 72.8 Å². The van der Waals surface area contributed by atoms with Gasteiger partial charge in [0.15, 0.2) is 0 Å². The van der Waals surface area contributed by atoms with Crippen LogP contribution in [0.5, 0.6) is 0 Å². The number of benzene rings is 3. The summed E-state index contributed by atoms with van der Waals surface area (Å²) in [5.74, 6) is 0.0199. The summed E-state index contributed by atoms with van der Waals surface area (Å²) in [5.41, 5.74) is 1.84. The van der Waals surface area contributed by atoms with Crippen LogP contribution in [-0.4, -0.2) is 44.8 Å². The number of hydrogen-bond acceptors (Lipinski definition) is 3. The molecule has 0 aliphatic rings. The summed E-state index contributed by atoms with van der Waals surface area (Å²) in [7, 11) is 0.485. The summed E-state index contributed by atoms with van der Waals surface area (Å²) in [6, 6.07) is 23.5. The Morgan fingerprint density at radius 1 is 0.778 bits per heavy atom. The minimum Gasteiger partial charge on any atom is -0.308 e. The first kappa shape index (κ1) is 19.5. The minimum absolute atomic E-state index is 0.0199. The van der Waals surface area contributed by atoms with Gasteiger partial charge in [0.05, 0.1) is 5.75 Å². The summed E-state index contributed by atoms with van der Waals surface area (Å²) < 4.78 is 27.9. The third kappa shape index (κ3) is 5.16. The lowest BCUT2D eigenvalue weighted by molar-refractivity contribution is 0.329. The van der Waals surface area contributed by atoms with Crippen LogP contribution < -0.4 is 0 Å². The van der Waals surface area contributed by atoms with E-state index in [0.29, 0.717) is 19.6 Å². The van der Waals surface area contributed by atoms with Crippen molar-refractivity contribution in [3.05, 3.63) is 83.9 Å². The van der Waals surface area contributed by atoms with E-state index < -0.39 is 10.0 Å². The Kier molecular flexibility index (Phi) is 6.26. The van der Waals surface area contributed by atoms with E-state index in [1.54, 1.807) is 4.31 Å². The number of likely N-dealkylation sites (N-methyl/N-ethyl adjacent to an activating group) is 1. The fourth-order valence-electron chi connectivity index (χ4n) is 3.12. The minimum atomic E-state index is -3.43. The van der Waals surface area contributed by atoms with Crippen molar-refractivity contribution in [2.45, 2.75) is 12.3 Å². The fraction of sp³-hybridized carbons (Fsp3) is 0.273. The van der Waals surface area contributed by atoms with Gasteiger partial charge in [0, 0.05) is 19.6 Å². The van der Waals surface area contributed by atoms with Crippen molar-refractivity contribution < 1.29 is 8.42 Å². The maximum absolute atomic E-state index is 13.2. The van der Waals surface area contributed by atoms with Crippen molar-refractivity contribution in [3.63, 3.8) is 0 Å². The van der Waals surface area contributed by atoms with Gasteiger partial charge in [-0.3, -0.25) is 0 Å². The van der Waals surface area contributed by atoms with E-state index in [2.05, 4.69) is 18.2 Å². The van der Waals surface area contributed by atoms with E-state index in [-0.39, 0.29) is 5.75 Å². The van der Waals surface area contributed by atoms with Gasteiger partial charge in [-0.2, -0.15) is 4.31 Å². The van der Waals surface area contributed by atoms with Gasteiger partial charge in [-0.05, 0) is 36.0 Å². The second-order valence-electron chi connectivity index (χ2n) is 7.02. The average molecular weight is 383 g/mol. The van der Waals surface area contributed by atoms with E-state index in [0.717, 1.165) is 21.9 Å². The molecule has 0 aliphatic heterocycles. The molecule has 0 saturated carbocycles. The van der Waals surface area contributed by atoms with E-state index in [4.69, 9.17) is 0 Å². The first-order valence-electron chi connectivity index (χ1n) is 9.09. The van der Waals surface area contributed by atoms with Gasteiger partial charge in [-0.1, -0.05) is 72.8 Å². The van der Waals surface area contributed by atoms with E-state index >= 15 is 0 Å². The second-order valence-corrected chi connectivity index (χ2v) is 8.99. The van der Waals surface area contributed by atoms with Crippen LogP contribution in [-0.2, 0) is 22.3 Å². The molecule has 3 aromatic rings. The molecule has 0 aliphatic carbocycles. The zero-order valence-electron chi connectivity index (χ0n) is 15.9. The number of hydrogen-bond donors (Lipinski definition) is 0. The first-order chi connectivity index (χ1) is 13.0. The Balaban J connectivity index is 1.90. The molecule has 5 heteroatoms. The third-order valence-corrected chi connectivity index (χ3v) is 6.41. The number of fused-ring (bicyclic) bond motifs is 1. The number of rotatable bonds is 8. The van der Waals surface area contributed by atoms with Gasteiger partial charge in [0.2, 0.25) is 10.0 Å². The van der Waals surface area contributed by atoms with E-state index in [9.17, 15) is 8.42 Å². The third-order valence-electron chi connectivity index (χ3n) is 4.61. The SMILES string of the molecule is CN(C)CCN(Cc1cccc2ccccc12)S(=O)(=O)Cc1ccccc1. The molecule has 0 radical (unpaired) electrons. The molecule has 0 N–H and O–H groups in total. The molecule has 0 spiro atoms. The van der Waals surface area contributed by atoms with Crippen LogP contribution in [0, 0.1) is 0 Å². The van der Waals surface area contributed by atoms with E-state index in [1.165, 1.54) is 0 Å². The summed E-state index contributed by atoms with van der Waals surface area (Å²) in [4.78, 5) is 2.01. The Labute approximate surface area is 162 Å². The molecule has 4 nitrogen and oxygen atoms in total. The highest BCUT2D eigenvalue weighted by atomic mass is 32.2. The Bertz CT molecular complexity index is 980. The van der Waals surface area contributed by atoms with Crippen molar-refractivity contribution >= 4 is 20.8 Å². The molecular formula is C22H26N2O2S. The Morgan fingerprint density at radius 2 is 1.44 bits per heavy atom. The summed E-state index contributed by atoms with van der Waals surface area (Å²) >= 11 is 0. The largest absolute Gasteiger partial charge is 0.308 e. The molecule has 0 amide bonds. The zero-order chi connectivity index (χ0) is 19.3. The van der Waals surface area contributed by atoms with Crippen molar-refractivity contribution in [3.8, 4) is 0 Å². The number of sulfonamides is 1. The first-order valence-corrected chi connectivity index (χ1v) is 10.7. The van der Waals surface area contributed by atoms with Crippen LogP contribution >= 0.6 is 0 Å². The summed E-state index contributed by atoms with van der Waals surface area (Å²) in [6.45, 7) is 1.52. The van der Waals surface area contributed by atoms with Gasteiger partial charge in [-0.25, -0.2) is 8.42 Å². The van der Waals surface area contributed by atoms with Crippen LogP contribution in [0.1, 0.15) is 11.1 Å². The Morgan fingerprint density at radius 3 is 2.19 bits per heavy atom. The molecule has 142 valence electrons. The maximum atomic E-state index is 13.2. The standard InChI is InChI=1S/C22H26N2O2S/c1-23(2)15-16-24(27(25,26)18-19-9-4-3-5-10-19)17-21-13-8-12-20-11-6-7-14-22(20)21/h3-14H,15-18H2,1-2H3. The van der Waals surface area contributed by atoms with Gasteiger partial charge >= 0.3 is 0 Å². The van der Waals surface area contributed by atoms with Crippen LogP contribution in [0.3, 0.4) is 0 Å². The molecular weight excluding hydrogens is 356 g/mol. The molecule has 0 atom stereocenters. The number of nitrogens with zero attached hydrogens (tertiary/aromatic N) is 2. The van der Waals surface area contributed by atoms with Gasteiger partial charge in [-0.15, -0.1) is 0 Å². The topological polar surface area (TPSA) is 40.6 Å². The van der Waals surface area contributed by atoms with Crippen LogP contribution in [0.2, 0.25) is 0 Å². The quantitative estimate of drug-likeness (QED) is 0.596. The van der Waals surface area contributed by atoms with Gasteiger partial charge in [0.1, 0.15) is 0 Å². The van der Waals surface area contributed by atoms with Gasteiger partial charge in [0.25, 0.3) is 0 Å². The molecule has 0 aromatic heterocycles. The second kappa shape index (κ2) is 8.65. The predicted octanol–water partition coefficient (Wildman–Crippen LogP) is 3.73. The highest BCUT2D eigenvalue weighted by molar-refractivity contribution is 7.88. The lowest BCUT2D eigenvalue weighted by Gasteiger charge is -2.24. The smallest absolute Gasteiger partial charge is 0.218 e. The predicted molar refractivity (Wildman–Crippen MR) is 112 cm³/mol. The highest BCUT2D eigenvalue weighted by Crippen LogP contribution is 2.22. The molecule has 0 saturated heterocycles. The molecule has 0 fully saturated rings. The molecule has 27 heavy (non-hydrogen) atoms. The Hall–Kier alpha value is -2.21. The summed E-state index contributed by atoms with van der Waals surface area (Å²) in [5, 5.41) is 2.23. The summed E-state index contributed by atoms with van der Waals surface area (Å²) in [6.07, 6.45) is 0. The normalized spacial score (nSPS) is 12.1. The lowest BCUT2D eigenvalue weighted by Crippen LogP contribution is -2.37. The molecule has 3 aromatic carbocycles. The van der Waals surface area contributed by atoms with Crippen molar-refractivity contribution in [1.82, 2.24) is 9.21 Å². The molecule has 0 heterocycles. The van der Waals surface area contributed by atoms with Crippen molar-refractivity contribution in [2.24, 2.45) is 0 Å². The van der Waals surface area contributed by atoms with Crippen molar-refractivity contribution in [1.29, 1.82) is 0 Å². The molecule has 3 rings (SSSR count). The van der Waals surface area contributed by atoms with Crippen LogP contribution in [0.4, 0.5) is 0 Å².